The van der Waals surface area contributed by atoms with Crippen LogP contribution in [-0.2, 0) is 16.6 Å². The number of anilines is 1. The Morgan fingerprint density at radius 2 is 2.03 bits per heavy atom. The van der Waals surface area contributed by atoms with E-state index in [-0.39, 0.29) is 38.7 Å². The largest absolute Gasteiger partial charge is 0.442 e. The third-order valence-corrected chi connectivity index (χ3v) is 5.20. The van der Waals surface area contributed by atoms with Crippen LogP contribution in [0, 0.1) is 6.92 Å². The summed E-state index contributed by atoms with van der Waals surface area (Å²) in [5.41, 5.74) is 0.00833. The van der Waals surface area contributed by atoms with E-state index in [1.165, 1.54) is 23.0 Å². The van der Waals surface area contributed by atoms with Crippen LogP contribution >= 0.6 is 0 Å². The number of nitrogens with two attached hydrogens (primary N) is 1. The van der Waals surface area contributed by atoms with E-state index in [1.807, 2.05) is 19.0 Å². The molecule has 11 nitrogen and oxygen atoms in total. The van der Waals surface area contributed by atoms with Gasteiger partial charge in [-0.05, 0) is 46.1 Å². The normalized spacial score (nSPS) is 11.9. The van der Waals surface area contributed by atoms with Crippen molar-refractivity contribution in [2.75, 3.05) is 26.0 Å². The predicted octanol–water partition coefficient (Wildman–Crippen LogP) is 0.544. The molecule has 0 unspecified atom stereocenters. The molecule has 12 heteroatoms. The number of carbonyl (C=O) groups is 1. The first-order chi connectivity index (χ1) is 14.1. The third kappa shape index (κ3) is 4.56. The van der Waals surface area contributed by atoms with Crippen molar-refractivity contribution < 1.29 is 17.6 Å². The van der Waals surface area contributed by atoms with Crippen LogP contribution in [0.3, 0.4) is 0 Å². The average molecular weight is 434 g/mol. The first-order valence-electron chi connectivity index (χ1n) is 9.01. The molecule has 0 aromatic carbocycles. The molecule has 0 aliphatic rings. The fraction of sp³-hybridized carbons (Fsp3) is 0.333. The van der Waals surface area contributed by atoms with Gasteiger partial charge in [-0.2, -0.15) is 0 Å². The molecule has 0 aliphatic carbocycles. The van der Waals surface area contributed by atoms with Gasteiger partial charge in [0.25, 0.3) is 21.5 Å². The molecule has 0 fully saturated rings. The SMILES string of the molecule is Cc1oc2ncn(CCCN(C)C)c(=O)c2c1C(=O)Nc1ccc(S(N)(=O)=O)nc1. The Balaban J connectivity index is 1.91. The number of rotatable bonds is 7. The highest BCUT2D eigenvalue weighted by molar-refractivity contribution is 7.89. The zero-order valence-electron chi connectivity index (χ0n) is 16.7. The highest BCUT2D eigenvalue weighted by Crippen LogP contribution is 2.22. The van der Waals surface area contributed by atoms with Crippen molar-refractivity contribution in [1.82, 2.24) is 19.4 Å². The predicted molar refractivity (Wildman–Crippen MR) is 110 cm³/mol. The molecule has 0 aliphatic heterocycles. The maximum atomic E-state index is 12.9. The summed E-state index contributed by atoms with van der Waals surface area (Å²) < 4.78 is 29.5. The van der Waals surface area contributed by atoms with Crippen molar-refractivity contribution in [3.8, 4) is 0 Å². The number of primary sulfonamides is 1. The molecule has 30 heavy (non-hydrogen) atoms. The van der Waals surface area contributed by atoms with Gasteiger partial charge in [-0.25, -0.2) is 23.5 Å². The van der Waals surface area contributed by atoms with Crippen LogP contribution in [-0.4, -0.2) is 54.4 Å². The molecule has 3 rings (SSSR count). The maximum Gasteiger partial charge on any atom is 0.265 e. The lowest BCUT2D eigenvalue weighted by molar-refractivity contribution is 0.102. The molecule has 3 aromatic rings. The first kappa shape index (κ1) is 21.6. The summed E-state index contributed by atoms with van der Waals surface area (Å²) >= 11 is 0. The van der Waals surface area contributed by atoms with Crippen molar-refractivity contribution in [2.45, 2.75) is 24.9 Å². The van der Waals surface area contributed by atoms with Crippen LogP contribution in [0.25, 0.3) is 11.1 Å². The van der Waals surface area contributed by atoms with E-state index in [0.717, 1.165) is 19.2 Å². The number of sulfonamides is 1. The van der Waals surface area contributed by atoms with E-state index >= 15 is 0 Å². The van der Waals surface area contributed by atoms with Gasteiger partial charge in [0.2, 0.25) is 5.71 Å². The molecule has 160 valence electrons. The maximum absolute atomic E-state index is 12.9. The van der Waals surface area contributed by atoms with Crippen molar-refractivity contribution >= 4 is 32.7 Å². The quantitative estimate of drug-likeness (QED) is 0.546. The molecule has 3 aromatic heterocycles. The number of hydrogen-bond acceptors (Lipinski definition) is 8. The van der Waals surface area contributed by atoms with Crippen LogP contribution in [0.4, 0.5) is 5.69 Å². The number of carbonyl (C=O) groups excluding carboxylic acids is 1. The molecule has 0 radical (unpaired) electrons. The van der Waals surface area contributed by atoms with Gasteiger partial charge in [-0.3, -0.25) is 14.2 Å². The molecule has 0 atom stereocenters. The Kier molecular flexibility index (Phi) is 6.01. The second kappa shape index (κ2) is 8.34. The summed E-state index contributed by atoms with van der Waals surface area (Å²) in [6, 6.07) is 2.52. The van der Waals surface area contributed by atoms with Crippen LogP contribution in [0.2, 0.25) is 0 Å². The van der Waals surface area contributed by atoms with Crippen LogP contribution in [0.5, 0.6) is 0 Å². The van der Waals surface area contributed by atoms with Crippen LogP contribution < -0.4 is 16.0 Å². The summed E-state index contributed by atoms with van der Waals surface area (Å²) in [7, 11) is -0.0627. The molecular formula is C18H22N6O5S. The van der Waals surface area contributed by atoms with Gasteiger partial charge >= 0.3 is 0 Å². The number of nitrogens with zero attached hydrogens (tertiary/aromatic N) is 4. The Bertz CT molecular complexity index is 1240. The Labute approximate surface area is 172 Å². The lowest BCUT2D eigenvalue weighted by atomic mass is 10.1. The Morgan fingerprint density at radius 1 is 1.30 bits per heavy atom. The summed E-state index contributed by atoms with van der Waals surface area (Å²) in [6.45, 7) is 2.81. The van der Waals surface area contributed by atoms with E-state index in [4.69, 9.17) is 9.56 Å². The smallest absolute Gasteiger partial charge is 0.265 e. The molecule has 0 saturated heterocycles. The summed E-state index contributed by atoms with van der Waals surface area (Å²) in [6.07, 6.45) is 3.30. The van der Waals surface area contributed by atoms with Gasteiger partial charge in [-0.1, -0.05) is 0 Å². The minimum Gasteiger partial charge on any atom is -0.442 e. The van der Waals surface area contributed by atoms with Crippen molar-refractivity contribution in [2.24, 2.45) is 5.14 Å². The number of aromatic nitrogens is 3. The van der Waals surface area contributed by atoms with E-state index in [0.29, 0.717) is 6.54 Å². The van der Waals surface area contributed by atoms with Gasteiger partial charge in [0.05, 0.1) is 17.4 Å². The monoisotopic (exact) mass is 434 g/mol. The van der Waals surface area contributed by atoms with Gasteiger partial charge in [-0.15, -0.1) is 0 Å². The van der Waals surface area contributed by atoms with Gasteiger partial charge in [0.15, 0.2) is 5.03 Å². The second-order valence-corrected chi connectivity index (χ2v) is 8.51. The van der Waals surface area contributed by atoms with E-state index < -0.39 is 15.9 Å². The van der Waals surface area contributed by atoms with Crippen LogP contribution in [0.1, 0.15) is 22.5 Å². The van der Waals surface area contributed by atoms with Gasteiger partial charge in [0.1, 0.15) is 17.5 Å². The fourth-order valence-corrected chi connectivity index (χ4v) is 3.40. The highest BCUT2D eigenvalue weighted by atomic mass is 32.2. The van der Waals surface area contributed by atoms with Crippen LogP contribution in [0.15, 0.2) is 38.9 Å². The van der Waals surface area contributed by atoms with Crippen molar-refractivity contribution in [3.05, 3.63) is 46.3 Å². The van der Waals surface area contributed by atoms with E-state index in [1.54, 1.807) is 6.92 Å². The summed E-state index contributed by atoms with van der Waals surface area (Å²) in [4.78, 5) is 35.6. The van der Waals surface area contributed by atoms with Gasteiger partial charge < -0.3 is 14.6 Å². The molecule has 3 heterocycles. The molecule has 3 N–H and O–H groups in total. The number of hydrogen-bond donors (Lipinski definition) is 2. The molecule has 1 amide bonds. The number of amides is 1. The van der Waals surface area contributed by atoms with Crippen molar-refractivity contribution in [3.63, 3.8) is 0 Å². The topological polar surface area (TPSA) is 153 Å². The summed E-state index contributed by atoms with van der Waals surface area (Å²) in [5, 5.41) is 7.36. The van der Waals surface area contributed by atoms with Gasteiger partial charge in [0, 0.05) is 6.54 Å². The lowest BCUT2D eigenvalue weighted by Crippen LogP contribution is -2.24. The highest BCUT2D eigenvalue weighted by Gasteiger charge is 2.23. The number of nitrogens with one attached hydrogen (secondary N) is 1. The summed E-state index contributed by atoms with van der Waals surface area (Å²) in [5.74, 6) is -0.353. The zero-order chi connectivity index (χ0) is 22.1. The average Bonchev–Trinajstić information content (AvgIpc) is 3.00. The molecule has 0 saturated carbocycles. The molecular weight excluding hydrogens is 412 g/mol. The van der Waals surface area contributed by atoms with Crippen molar-refractivity contribution in [1.29, 1.82) is 0 Å². The third-order valence-electron chi connectivity index (χ3n) is 4.37. The van der Waals surface area contributed by atoms with E-state index in [2.05, 4.69) is 15.3 Å². The Morgan fingerprint density at radius 3 is 2.63 bits per heavy atom. The fourth-order valence-electron chi connectivity index (χ4n) is 2.94. The second-order valence-electron chi connectivity index (χ2n) is 7.00. The lowest BCUT2D eigenvalue weighted by Gasteiger charge is -2.10. The number of furan rings is 1. The zero-order valence-corrected chi connectivity index (χ0v) is 17.6. The Hall–Kier alpha value is -3.09. The minimum absolute atomic E-state index is 0.0694. The number of aryl methyl sites for hydroxylation is 2. The van der Waals surface area contributed by atoms with E-state index in [9.17, 15) is 18.0 Å². The molecule has 0 spiro atoms. The number of fused-ring (bicyclic) bond motifs is 1. The molecule has 0 bridgehead atoms. The minimum atomic E-state index is -3.94. The first-order valence-corrected chi connectivity index (χ1v) is 10.6. The standard InChI is InChI=1S/C18H22N6O5S/c1-11-14(16(25)22-12-5-6-13(20-9-12)30(19,27)28)15-17(29-11)21-10-24(18(15)26)8-4-7-23(2)3/h5-6,9-10H,4,7-8H2,1-3H3,(H,22,25)(H2,19,27,28). The number of pyridine rings is 1.